The lowest BCUT2D eigenvalue weighted by Crippen LogP contribution is -2.03. The molecule has 0 unspecified atom stereocenters. The van der Waals surface area contributed by atoms with Crippen LogP contribution in [0.3, 0.4) is 0 Å². The Hall–Kier alpha value is -2.53. The molecule has 0 N–H and O–H groups in total. The Morgan fingerprint density at radius 1 is 1.23 bits per heavy atom. The highest BCUT2D eigenvalue weighted by Crippen LogP contribution is 2.28. The van der Waals surface area contributed by atoms with E-state index >= 15 is 0 Å². The van der Waals surface area contributed by atoms with E-state index in [1.54, 1.807) is 29.8 Å². The number of esters is 1. The zero-order chi connectivity index (χ0) is 15.7. The fourth-order valence-electron chi connectivity index (χ4n) is 2.25. The number of rotatable bonds is 3. The molecule has 6 heteroatoms. The first-order valence-electron chi connectivity index (χ1n) is 6.54. The summed E-state index contributed by atoms with van der Waals surface area (Å²) < 4.78 is 11.7. The third-order valence-electron chi connectivity index (χ3n) is 3.34. The summed E-state index contributed by atoms with van der Waals surface area (Å²) in [6.07, 6.45) is 1.66. The molecule has 0 saturated heterocycles. The summed E-state index contributed by atoms with van der Waals surface area (Å²) in [5.41, 5.74) is 1.98. The van der Waals surface area contributed by atoms with E-state index < -0.39 is 5.97 Å². The normalized spacial score (nSPS) is 10.7. The second-order valence-electron chi connectivity index (χ2n) is 4.62. The van der Waals surface area contributed by atoms with Gasteiger partial charge in [0.05, 0.1) is 25.3 Å². The topological polar surface area (TPSA) is 52.8 Å². The monoisotopic (exact) mass is 316 g/mol. The molecule has 2 heterocycles. The van der Waals surface area contributed by atoms with Gasteiger partial charge in [0.1, 0.15) is 11.6 Å². The first kappa shape index (κ1) is 14.4. The van der Waals surface area contributed by atoms with Crippen molar-refractivity contribution in [2.75, 3.05) is 14.2 Å². The van der Waals surface area contributed by atoms with Crippen LogP contribution < -0.4 is 4.74 Å². The smallest absolute Gasteiger partial charge is 0.339 e. The van der Waals surface area contributed by atoms with Gasteiger partial charge in [-0.25, -0.2) is 9.78 Å². The minimum absolute atomic E-state index is 0.370. The summed E-state index contributed by atoms with van der Waals surface area (Å²) in [6.45, 7) is 0. The lowest BCUT2D eigenvalue weighted by Gasteiger charge is -2.05. The molecule has 0 spiro atoms. The van der Waals surface area contributed by atoms with Crippen LogP contribution in [-0.2, 0) is 4.74 Å². The molecule has 22 heavy (non-hydrogen) atoms. The molecule has 0 atom stereocenters. The number of hydrogen-bond donors (Lipinski definition) is 0. The number of carbonyl (C=O) groups excluding carboxylic acids is 1. The standard InChI is InChI=1S/C16H13ClN2O3/c1-21-12-5-3-4-10(8-12)15-18-14(17)13-7-6-11(9-19(13)15)16(20)22-2/h3-9H,1-2H3. The molecule has 0 fully saturated rings. The predicted octanol–water partition coefficient (Wildman–Crippen LogP) is 3.45. The van der Waals surface area contributed by atoms with Crippen LogP contribution in [0.25, 0.3) is 16.9 Å². The summed E-state index contributed by atoms with van der Waals surface area (Å²) in [5.74, 6) is 0.933. The minimum Gasteiger partial charge on any atom is -0.497 e. The van der Waals surface area contributed by atoms with Gasteiger partial charge in [0, 0.05) is 11.8 Å². The Labute approximate surface area is 132 Å². The van der Waals surface area contributed by atoms with Gasteiger partial charge in [-0.2, -0.15) is 0 Å². The average molecular weight is 317 g/mol. The van der Waals surface area contributed by atoms with Crippen LogP contribution in [0, 0.1) is 0 Å². The van der Waals surface area contributed by atoms with Crippen LogP contribution in [0.15, 0.2) is 42.6 Å². The van der Waals surface area contributed by atoms with Crippen LogP contribution in [0.4, 0.5) is 0 Å². The zero-order valence-electron chi connectivity index (χ0n) is 12.0. The molecule has 112 valence electrons. The van der Waals surface area contributed by atoms with Crippen LogP contribution >= 0.6 is 11.6 Å². The zero-order valence-corrected chi connectivity index (χ0v) is 12.8. The van der Waals surface area contributed by atoms with E-state index in [0.717, 1.165) is 11.3 Å². The number of aromatic nitrogens is 2. The minimum atomic E-state index is -0.414. The van der Waals surface area contributed by atoms with Crippen molar-refractivity contribution in [1.29, 1.82) is 0 Å². The summed E-state index contributed by atoms with van der Waals surface area (Å²) in [6, 6.07) is 10.9. The Bertz CT molecular complexity index is 858. The van der Waals surface area contributed by atoms with Gasteiger partial charge < -0.3 is 9.47 Å². The molecule has 0 amide bonds. The van der Waals surface area contributed by atoms with E-state index in [2.05, 4.69) is 4.98 Å². The molecule has 3 aromatic rings. The summed E-state index contributed by atoms with van der Waals surface area (Å²) in [4.78, 5) is 16.1. The van der Waals surface area contributed by atoms with Crippen LogP contribution in [0.1, 0.15) is 10.4 Å². The Balaban J connectivity index is 2.22. The van der Waals surface area contributed by atoms with E-state index in [0.29, 0.717) is 22.1 Å². The highest BCUT2D eigenvalue weighted by molar-refractivity contribution is 6.33. The highest BCUT2D eigenvalue weighted by atomic mass is 35.5. The molecule has 1 aromatic carbocycles. The van der Waals surface area contributed by atoms with Crippen molar-refractivity contribution in [3.63, 3.8) is 0 Å². The van der Waals surface area contributed by atoms with Crippen molar-refractivity contribution in [3.05, 3.63) is 53.3 Å². The van der Waals surface area contributed by atoms with E-state index in [1.165, 1.54) is 7.11 Å². The number of carbonyl (C=O) groups is 1. The second kappa shape index (κ2) is 5.69. The first-order chi connectivity index (χ1) is 10.6. The second-order valence-corrected chi connectivity index (χ2v) is 4.98. The lowest BCUT2D eigenvalue weighted by atomic mass is 10.2. The fourth-order valence-corrected chi connectivity index (χ4v) is 2.49. The molecular weight excluding hydrogens is 304 g/mol. The number of fused-ring (bicyclic) bond motifs is 1. The molecule has 0 bridgehead atoms. The lowest BCUT2D eigenvalue weighted by molar-refractivity contribution is 0.0600. The van der Waals surface area contributed by atoms with Gasteiger partial charge in [-0.15, -0.1) is 0 Å². The van der Waals surface area contributed by atoms with Crippen molar-refractivity contribution in [1.82, 2.24) is 9.38 Å². The SMILES string of the molecule is COC(=O)c1ccc2c(Cl)nc(-c3cccc(OC)c3)n2c1. The summed E-state index contributed by atoms with van der Waals surface area (Å²) in [7, 11) is 2.95. The number of benzene rings is 1. The number of pyridine rings is 1. The van der Waals surface area contributed by atoms with Gasteiger partial charge in [0.25, 0.3) is 0 Å². The molecule has 0 aliphatic heterocycles. The van der Waals surface area contributed by atoms with Gasteiger partial charge >= 0.3 is 5.97 Å². The van der Waals surface area contributed by atoms with Gasteiger partial charge in [0.2, 0.25) is 0 Å². The van der Waals surface area contributed by atoms with Crippen molar-refractivity contribution in [2.24, 2.45) is 0 Å². The highest BCUT2D eigenvalue weighted by Gasteiger charge is 2.14. The number of halogens is 1. The summed E-state index contributed by atoms with van der Waals surface area (Å²) >= 11 is 6.19. The predicted molar refractivity (Wildman–Crippen MR) is 83.5 cm³/mol. The van der Waals surface area contributed by atoms with E-state index in [-0.39, 0.29) is 0 Å². The van der Waals surface area contributed by atoms with E-state index in [1.807, 2.05) is 24.3 Å². The molecule has 2 aromatic heterocycles. The average Bonchev–Trinajstić information content (AvgIpc) is 2.90. The molecule has 0 saturated carbocycles. The maximum absolute atomic E-state index is 11.7. The number of imidazole rings is 1. The molecule has 0 aliphatic rings. The van der Waals surface area contributed by atoms with Crippen molar-refractivity contribution < 1.29 is 14.3 Å². The third-order valence-corrected chi connectivity index (χ3v) is 3.62. The maximum Gasteiger partial charge on any atom is 0.339 e. The number of ether oxygens (including phenoxy) is 2. The van der Waals surface area contributed by atoms with E-state index in [4.69, 9.17) is 21.1 Å². The number of nitrogens with zero attached hydrogens (tertiary/aromatic N) is 2. The molecule has 0 aliphatic carbocycles. The quantitative estimate of drug-likeness (QED) is 0.694. The fraction of sp³-hybridized carbons (Fsp3) is 0.125. The molecule has 5 nitrogen and oxygen atoms in total. The largest absolute Gasteiger partial charge is 0.497 e. The first-order valence-corrected chi connectivity index (χ1v) is 6.92. The summed E-state index contributed by atoms with van der Waals surface area (Å²) in [5, 5.41) is 0.370. The molecule has 3 rings (SSSR count). The maximum atomic E-state index is 11.7. The molecular formula is C16H13ClN2O3. The number of methoxy groups -OCH3 is 2. The van der Waals surface area contributed by atoms with Crippen molar-refractivity contribution in [2.45, 2.75) is 0 Å². The van der Waals surface area contributed by atoms with Gasteiger partial charge in [-0.05, 0) is 24.3 Å². The molecule has 0 radical (unpaired) electrons. The van der Waals surface area contributed by atoms with Gasteiger partial charge in [-0.3, -0.25) is 4.40 Å². The van der Waals surface area contributed by atoms with Crippen molar-refractivity contribution >= 4 is 23.1 Å². The van der Waals surface area contributed by atoms with Gasteiger partial charge in [-0.1, -0.05) is 23.7 Å². The van der Waals surface area contributed by atoms with Crippen LogP contribution in [0.5, 0.6) is 5.75 Å². The van der Waals surface area contributed by atoms with Crippen LogP contribution in [0.2, 0.25) is 5.15 Å². The van der Waals surface area contributed by atoms with Crippen LogP contribution in [-0.4, -0.2) is 29.6 Å². The number of hydrogen-bond acceptors (Lipinski definition) is 4. The Morgan fingerprint density at radius 3 is 2.77 bits per heavy atom. The van der Waals surface area contributed by atoms with Crippen molar-refractivity contribution in [3.8, 4) is 17.1 Å². The van der Waals surface area contributed by atoms with Gasteiger partial charge in [0.15, 0.2) is 5.15 Å². The Morgan fingerprint density at radius 2 is 2.05 bits per heavy atom. The Kier molecular flexibility index (Phi) is 3.73. The third kappa shape index (κ3) is 2.40. The van der Waals surface area contributed by atoms with E-state index in [9.17, 15) is 4.79 Å².